The molecule has 0 saturated carbocycles. The van der Waals surface area contributed by atoms with Gasteiger partial charge in [-0.15, -0.1) is 5.10 Å². The van der Waals surface area contributed by atoms with E-state index in [1.807, 2.05) is 0 Å². The molecule has 2 aromatic rings. The first-order chi connectivity index (χ1) is 12.2. The van der Waals surface area contributed by atoms with Crippen molar-refractivity contribution in [2.45, 2.75) is 24.9 Å². The normalized spacial score (nSPS) is 14.8. The summed E-state index contributed by atoms with van der Waals surface area (Å²) in [4.78, 5) is 32.4. The van der Waals surface area contributed by atoms with Gasteiger partial charge < -0.3 is 14.2 Å². The molecule has 1 N–H and O–H groups in total. The molecule has 2 aromatic heterocycles. The van der Waals surface area contributed by atoms with Crippen LogP contribution in [0.4, 0.5) is 0 Å². The zero-order valence-electron chi connectivity index (χ0n) is 14.1. The Kier molecular flexibility index (Phi) is 5.75. The van der Waals surface area contributed by atoms with Gasteiger partial charge in [-0.3, -0.25) is 14.7 Å². The van der Waals surface area contributed by atoms with Gasteiger partial charge >= 0.3 is 0 Å². The van der Waals surface area contributed by atoms with E-state index in [-0.39, 0.29) is 11.8 Å². The minimum absolute atomic E-state index is 0.0388. The van der Waals surface area contributed by atoms with Gasteiger partial charge in [-0.05, 0) is 18.6 Å². The molecule has 0 aliphatic carbocycles. The first kappa shape index (κ1) is 17.5. The monoisotopic (exact) mass is 363 g/mol. The molecule has 9 heteroatoms. The fraction of sp³-hybridized carbons (Fsp3) is 0.500. The Bertz CT molecular complexity index is 707. The van der Waals surface area contributed by atoms with Gasteiger partial charge in [0.05, 0.1) is 12.0 Å². The molecular weight excluding hydrogens is 342 g/mol. The molecule has 25 heavy (non-hydrogen) atoms. The van der Waals surface area contributed by atoms with Crippen molar-refractivity contribution < 1.29 is 14.0 Å². The van der Waals surface area contributed by atoms with Crippen LogP contribution in [0.5, 0.6) is 0 Å². The van der Waals surface area contributed by atoms with Crippen molar-refractivity contribution in [2.75, 3.05) is 31.9 Å². The third-order valence-electron chi connectivity index (χ3n) is 3.97. The molecule has 0 bridgehead atoms. The van der Waals surface area contributed by atoms with Gasteiger partial charge in [0.25, 0.3) is 5.91 Å². The van der Waals surface area contributed by atoms with E-state index in [0.717, 1.165) is 18.7 Å². The molecule has 3 rings (SSSR count). The molecule has 8 nitrogen and oxygen atoms in total. The van der Waals surface area contributed by atoms with Crippen LogP contribution < -0.4 is 0 Å². The van der Waals surface area contributed by atoms with E-state index in [9.17, 15) is 9.59 Å². The minimum atomic E-state index is -0.129. The van der Waals surface area contributed by atoms with E-state index >= 15 is 0 Å². The molecule has 0 unspecified atom stereocenters. The number of nitrogens with one attached hydrogen (secondary N) is 1. The molecule has 2 amide bonds. The summed E-state index contributed by atoms with van der Waals surface area (Å²) in [5, 5.41) is 7.59. The van der Waals surface area contributed by atoms with Gasteiger partial charge in [0, 0.05) is 32.6 Å². The highest BCUT2D eigenvalue weighted by atomic mass is 32.2. The molecule has 0 aromatic carbocycles. The SMILES string of the molecule is CCCc1nc(SCC(=O)N2CCN(C(=O)c3ccco3)CC2)n[nH]1. The van der Waals surface area contributed by atoms with Crippen molar-refractivity contribution in [3.8, 4) is 0 Å². The maximum absolute atomic E-state index is 12.3. The van der Waals surface area contributed by atoms with E-state index in [2.05, 4.69) is 22.1 Å². The van der Waals surface area contributed by atoms with Crippen LogP contribution in [0.2, 0.25) is 0 Å². The first-order valence-electron chi connectivity index (χ1n) is 8.32. The smallest absolute Gasteiger partial charge is 0.289 e. The van der Waals surface area contributed by atoms with Crippen LogP contribution >= 0.6 is 11.8 Å². The Morgan fingerprint density at radius 2 is 2.04 bits per heavy atom. The van der Waals surface area contributed by atoms with Crippen LogP contribution in [-0.2, 0) is 11.2 Å². The number of rotatable bonds is 6. The number of hydrogen-bond donors (Lipinski definition) is 1. The number of H-pyrrole nitrogens is 1. The lowest BCUT2D eigenvalue weighted by Gasteiger charge is -2.34. The third-order valence-corrected chi connectivity index (χ3v) is 4.81. The number of carbonyl (C=O) groups excluding carboxylic acids is 2. The van der Waals surface area contributed by atoms with Gasteiger partial charge in [-0.1, -0.05) is 18.7 Å². The van der Waals surface area contributed by atoms with Crippen LogP contribution in [0.3, 0.4) is 0 Å². The summed E-state index contributed by atoms with van der Waals surface area (Å²) < 4.78 is 5.14. The Morgan fingerprint density at radius 3 is 2.72 bits per heavy atom. The summed E-state index contributed by atoms with van der Waals surface area (Å²) in [5.41, 5.74) is 0. The summed E-state index contributed by atoms with van der Waals surface area (Å²) in [6.45, 7) is 4.16. The Hall–Kier alpha value is -2.29. The van der Waals surface area contributed by atoms with Crippen molar-refractivity contribution in [3.63, 3.8) is 0 Å². The second-order valence-corrected chi connectivity index (χ2v) is 6.70. The quantitative estimate of drug-likeness (QED) is 0.780. The summed E-state index contributed by atoms with van der Waals surface area (Å²) in [7, 11) is 0. The zero-order valence-corrected chi connectivity index (χ0v) is 14.9. The van der Waals surface area contributed by atoms with E-state index in [4.69, 9.17) is 4.42 Å². The molecule has 1 aliphatic heterocycles. The predicted molar refractivity (Wildman–Crippen MR) is 92.3 cm³/mol. The minimum Gasteiger partial charge on any atom is -0.459 e. The van der Waals surface area contributed by atoms with Crippen molar-refractivity contribution >= 4 is 23.6 Å². The average molecular weight is 363 g/mol. The Labute approximate surface area is 150 Å². The number of aromatic nitrogens is 3. The largest absolute Gasteiger partial charge is 0.459 e. The maximum Gasteiger partial charge on any atom is 0.289 e. The molecule has 0 radical (unpaired) electrons. The van der Waals surface area contributed by atoms with Crippen LogP contribution in [0.25, 0.3) is 0 Å². The van der Waals surface area contributed by atoms with Crippen LogP contribution in [0.15, 0.2) is 28.0 Å². The van der Waals surface area contributed by atoms with Crippen molar-refractivity contribution in [1.82, 2.24) is 25.0 Å². The standard InChI is InChI=1S/C16H21N5O3S/c1-2-4-13-17-16(19-18-13)25-11-14(22)20-6-8-21(9-7-20)15(23)12-5-3-10-24-12/h3,5,10H,2,4,6-9,11H2,1H3,(H,17,18,19). The van der Waals surface area contributed by atoms with Gasteiger partial charge in [-0.2, -0.15) is 0 Å². The molecule has 0 spiro atoms. The third kappa shape index (κ3) is 4.41. The fourth-order valence-electron chi connectivity index (χ4n) is 2.62. The maximum atomic E-state index is 12.3. The molecule has 3 heterocycles. The summed E-state index contributed by atoms with van der Waals surface area (Å²) in [6.07, 6.45) is 3.34. The molecule has 1 fully saturated rings. The zero-order chi connectivity index (χ0) is 17.6. The predicted octanol–water partition coefficient (Wildman–Crippen LogP) is 1.43. The number of piperazine rings is 1. The van der Waals surface area contributed by atoms with Crippen LogP contribution in [0.1, 0.15) is 29.7 Å². The van der Waals surface area contributed by atoms with Crippen LogP contribution in [0, 0.1) is 0 Å². The Balaban J connectivity index is 1.44. The van der Waals surface area contributed by atoms with E-state index in [0.29, 0.717) is 42.8 Å². The highest BCUT2D eigenvalue weighted by Gasteiger charge is 2.26. The lowest BCUT2D eigenvalue weighted by Crippen LogP contribution is -2.51. The van der Waals surface area contributed by atoms with Crippen molar-refractivity contribution in [3.05, 3.63) is 30.0 Å². The van der Waals surface area contributed by atoms with Gasteiger partial charge in [0.2, 0.25) is 11.1 Å². The second kappa shape index (κ2) is 8.19. The summed E-state index contributed by atoms with van der Waals surface area (Å²) in [5.74, 6) is 1.40. The van der Waals surface area contributed by atoms with Crippen molar-refractivity contribution in [1.29, 1.82) is 0 Å². The number of carbonyl (C=O) groups is 2. The lowest BCUT2D eigenvalue weighted by molar-refractivity contribution is -0.129. The molecule has 0 atom stereocenters. The number of furan rings is 1. The molecule has 134 valence electrons. The van der Waals surface area contributed by atoms with E-state index in [1.54, 1.807) is 21.9 Å². The molecule has 1 saturated heterocycles. The topological polar surface area (TPSA) is 95.3 Å². The number of thioether (sulfide) groups is 1. The second-order valence-electron chi connectivity index (χ2n) is 5.75. The summed E-state index contributed by atoms with van der Waals surface area (Å²) >= 11 is 1.33. The number of aryl methyl sites for hydroxylation is 1. The van der Waals surface area contributed by atoms with Crippen molar-refractivity contribution in [2.24, 2.45) is 0 Å². The van der Waals surface area contributed by atoms with E-state index in [1.165, 1.54) is 18.0 Å². The van der Waals surface area contributed by atoms with Gasteiger partial charge in [0.1, 0.15) is 5.82 Å². The van der Waals surface area contributed by atoms with Crippen LogP contribution in [-0.4, -0.2) is 68.7 Å². The first-order valence-corrected chi connectivity index (χ1v) is 9.30. The fourth-order valence-corrected chi connectivity index (χ4v) is 3.34. The highest BCUT2D eigenvalue weighted by Crippen LogP contribution is 2.15. The lowest BCUT2D eigenvalue weighted by atomic mass is 10.3. The average Bonchev–Trinajstić information content (AvgIpc) is 3.31. The molecule has 1 aliphatic rings. The summed E-state index contributed by atoms with van der Waals surface area (Å²) in [6, 6.07) is 3.35. The van der Waals surface area contributed by atoms with E-state index < -0.39 is 0 Å². The number of hydrogen-bond acceptors (Lipinski definition) is 6. The van der Waals surface area contributed by atoms with Gasteiger partial charge in [0.15, 0.2) is 5.76 Å². The van der Waals surface area contributed by atoms with Gasteiger partial charge in [-0.25, -0.2) is 4.98 Å². The number of nitrogens with zero attached hydrogens (tertiary/aromatic N) is 4. The Morgan fingerprint density at radius 1 is 1.28 bits per heavy atom. The number of amides is 2. The number of aromatic amines is 1. The molecular formula is C16H21N5O3S. The highest BCUT2D eigenvalue weighted by molar-refractivity contribution is 7.99.